The number of likely N-dealkylation sites (N-methyl/N-ethyl adjacent to an activating group) is 1. The number of hydrogen-bond donors (Lipinski definition) is 1. The largest absolute Gasteiger partial charge is 0.496 e. The predicted octanol–water partition coefficient (Wildman–Crippen LogP) is 3.85. The van der Waals surface area contributed by atoms with Crippen molar-refractivity contribution >= 4 is 40.7 Å². The Balaban J connectivity index is 2.06. The fourth-order valence-electron chi connectivity index (χ4n) is 2.11. The van der Waals surface area contributed by atoms with Crippen LogP contribution in [0.5, 0.6) is 5.75 Å². The van der Waals surface area contributed by atoms with E-state index in [1.54, 1.807) is 12.1 Å². The molecule has 0 spiro atoms. The van der Waals surface area contributed by atoms with Gasteiger partial charge in [-0.15, -0.1) is 0 Å². The zero-order valence-electron chi connectivity index (χ0n) is 13.5. The van der Waals surface area contributed by atoms with Gasteiger partial charge in [0.15, 0.2) is 0 Å². The molecule has 0 saturated carbocycles. The van der Waals surface area contributed by atoms with E-state index in [0.29, 0.717) is 15.7 Å². The van der Waals surface area contributed by atoms with Crippen LogP contribution in [0, 0.1) is 5.82 Å². The number of rotatable bonds is 5. The Kier molecular flexibility index (Phi) is 6.22. The molecule has 0 aliphatic rings. The number of benzene rings is 2. The van der Waals surface area contributed by atoms with Crippen LogP contribution >= 0.6 is 23.2 Å². The number of hydrogen-bond acceptors (Lipinski definition) is 3. The lowest BCUT2D eigenvalue weighted by Crippen LogP contribution is -2.35. The van der Waals surface area contributed by atoms with Gasteiger partial charge in [-0.2, -0.15) is 0 Å². The summed E-state index contributed by atoms with van der Waals surface area (Å²) in [5.74, 6) is -1.33. The second-order valence-electron chi connectivity index (χ2n) is 5.18. The molecule has 0 atom stereocenters. The molecule has 0 aromatic heterocycles. The first-order chi connectivity index (χ1) is 11.8. The van der Waals surface area contributed by atoms with Gasteiger partial charge >= 0.3 is 0 Å². The summed E-state index contributed by atoms with van der Waals surface area (Å²) >= 11 is 11.7. The third kappa shape index (κ3) is 4.84. The van der Waals surface area contributed by atoms with Crippen molar-refractivity contribution in [1.29, 1.82) is 0 Å². The van der Waals surface area contributed by atoms with Gasteiger partial charge in [-0.25, -0.2) is 4.39 Å². The summed E-state index contributed by atoms with van der Waals surface area (Å²) in [5, 5.41) is 3.27. The van der Waals surface area contributed by atoms with Crippen molar-refractivity contribution in [2.75, 3.05) is 26.0 Å². The maximum Gasteiger partial charge on any atom is 0.257 e. The highest BCUT2D eigenvalue weighted by molar-refractivity contribution is 6.42. The van der Waals surface area contributed by atoms with Crippen molar-refractivity contribution in [1.82, 2.24) is 4.90 Å². The summed E-state index contributed by atoms with van der Waals surface area (Å²) in [6, 6.07) is 8.24. The molecular weight excluding hydrogens is 370 g/mol. The highest BCUT2D eigenvalue weighted by atomic mass is 35.5. The Labute approximate surface area is 154 Å². The van der Waals surface area contributed by atoms with Crippen molar-refractivity contribution in [2.45, 2.75) is 0 Å². The van der Waals surface area contributed by atoms with Crippen LogP contribution in [0.2, 0.25) is 10.0 Å². The molecule has 2 amide bonds. The first-order valence-corrected chi connectivity index (χ1v) is 7.91. The molecule has 0 heterocycles. The summed E-state index contributed by atoms with van der Waals surface area (Å²) in [5.41, 5.74) is 0.482. The van der Waals surface area contributed by atoms with E-state index in [1.807, 2.05) is 0 Å². The molecule has 0 bridgehead atoms. The van der Waals surface area contributed by atoms with Gasteiger partial charge in [0.05, 0.1) is 29.3 Å². The molecule has 0 radical (unpaired) electrons. The van der Waals surface area contributed by atoms with E-state index in [-0.39, 0.29) is 17.9 Å². The number of carbonyl (C=O) groups excluding carboxylic acids is 2. The molecule has 2 rings (SSSR count). The molecule has 0 aliphatic carbocycles. The summed E-state index contributed by atoms with van der Waals surface area (Å²) in [7, 11) is 2.81. The maximum atomic E-state index is 13.4. The van der Waals surface area contributed by atoms with Gasteiger partial charge in [0.1, 0.15) is 11.6 Å². The number of methoxy groups -OCH3 is 1. The topological polar surface area (TPSA) is 58.6 Å². The van der Waals surface area contributed by atoms with Crippen molar-refractivity contribution in [3.63, 3.8) is 0 Å². The van der Waals surface area contributed by atoms with Crippen molar-refractivity contribution in [3.8, 4) is 5.75 Å². The van der Waals surface area contributed by atoms with Gasteiger partial charge in [0, 0.05) is 12.7 Å². The van der Waals surface area contributed by atoms with Crippen LogP contribution in [0.1, 0.15) is 10.4 Å². The molecular formula is C17H15Cl2FN2O3. The zero-order chi connectivity index (χ0) is 18.6. The highest BCUT2D eigenvalue weighted by Crippen LogP contribution is 2.25. The van der Waals surface area contributed by atoms with Gasteiger partial charge in [0.25, 0.3) is 5.91 Å². The number of nitrogens with zero attached hydrogens (tertiary/aromatic N) is 1. The highest BCUT2D eigenvalue weighted by Gasteiger charge is 2.19. The molecule has 1 N–H and O–H groups in total. The van der Waals surface area contributed by atoms with Crippen LogP contribution in [0.25, 0.3) is 0 Å². The van der Waals surface area contributed by atoms with E-state index in [0.717, 1.165) is 11.0 Å². The lowest BCUT2D eigenvalue weighted by molar-refractivity contribution is -0.116. The number of nitrogens with one attached hydrogen (secondary N) is 1. The van der Waals surface area contributed by atoms with Crippen molar-refractivity contribution in [3.05, 3.63) is 57.8 Å². The van der Waals surface area contributed by atoms with E-state index >= 15 is 0 Å². The maximum absolute atomic E-state index is 13.4. The third-order valence-corrected chi connectivity index (χ3v) is 4.06. The minimum Gasteiger partial charge on any atom is -0.496 e. The summed E-state index contributed by atoms with van der Waals surface area (Å²) in [4.78, 5) is 25.7. The second kappa shape index (κ2) is 8.18. The van der Waals surface area contributed by atoms with Crippen LogP contribution in [-0.4, -0.2) is 37.4 Å². The number of carbonyl (C=O) groups is 2. The average Bonchev–Trinajstić information content (AvgIpc) is 2.57. The SMILES string of the molecule is COc1ccc(F)cc1C(=O)N(C)CC(=O)Nc1ccc(Cl)c(Cl)c1. The first-order valence-electron chi connectivity index (χ1n) is 7.15. The fourth-order valence-corrected chi connectivity index (χ4v) is 2.41. The monoisotopic (exact) mass is 384 g/mol. The summed E-state index contributed by atoms with van der Waals surface area (Å²) in [6.45, 7) is -0.237. The van der Waals surface area contributed by atoms with Gasteiger partial charge in [-0.05, 0) is 36.4 Å². The molecule has 25 heavy (non-hydrogen) atoms. The molecule has 5 nitrogen and oxygen atoms in total. The summed E-state index contributed by atoms with van der Waals surface area (Å²) < 4.78 is 18.5. The molecule has 0 unspecified atom stereocenters. The van der Waals surface area contributed by atoms with Crippen molar-refractivity contribution < 1.29 is 18.7 Å². The molecule has 2 aromatic rings. The smallest absolute Gasteiger partial charge is 0.257 e. The summed E-state index contributed by atoms with van der Waals surface area (Å²) in [6.07, 6.45) is 0. The van der Waals surface area contributed by atoms with Gasteiger partial charge in [-0.1, -0.05) is 23.2 Å². The van der Waals surface area contributed by atoms with E-state index in [4.69, 9.17) is 27.9 Å². The Morgan fingerprint density at radius 2 is 1.88 bits per heavy atom. The van der Waals surface area contributed by atoms with Crippen molar-refractivity contribution in [2.24, 2.45) is 0 Å². The molecule has 0 aliphatic heterocycles. The van der Waals surface area contributed by atoms with Crippen LogP contribution in [0.3, 0.4) is 0 Å². The fraction of sp³-hybridized carbons (Fsp3) is 0.176. The van der Waals surface area contributed by atoms with E-state index in [2.05, 4.69) is 5.32 Å². The number of ether oxygens (including phenoxy) is 1. The third-order valence-electron chi connectivity index (χ3n) is 3.32. The molecule has 132 valence electrons. The minimum absolute atomic E-state index is 0.0346. The lowest BCUT2D eigenvalue weighted by atomic mass is 10.1. The van der Waals surface area contributed by atoms with Crippen LogP contribution < -0.4 is 10.1 Å². The predicted molar refractivity (Wildman–Crippen MR) is 95.0 cm³/mol. The van der Waals surface area contributed by atoms with E-state index < -0.39 is 17.6 Å². The first kappa shape index (κ1) is 19.0. The van der Waals surface area contributed by atoms with Gasteiger partial charge < -0.3 is 15.0 Å². The van der Waals surface area contributed by atoms with E-state index in [9.17, 15) is 14.0 Å². The number of amides is 2. The Hall–Kier alpha value is -2.31. The van der Waals surface area contributed by atoms with Gasteiger partial charge in [-0.3, -0.25) is 9.59 Å². The van der Waals surface area contributed by atoms with Crippen LogP contribution in [0.4, 0.5) is 10.1 Å². The lowest BCUT2D eigenvalue weighted by Gasteiger charge is -2.18. The molecule has 0 fully saturated rings. The molecule has 8 heteroatoms. The Bertz CT molecular complexity index is 814. The van der Waals surface area contributed by atoms with Crippen LogP contribution in [-0.2, 0) is 4.79 Å². The second-order valence-corrected chi connectivity index (χ2v) is 6.00. The van der Waals surface area contributed by atoms with E-state index in [1.165, 1.54) is 32.4 Å². The normalized spacial score (nSPS) is 10.3. The zero-order valence-corrected chi connectivity index (χ0v) is 15.0. The van der Waals surface area contributed by atoms with Gasteiger partial charge in [0.2, 0.25) is 5.91 Å². The number of anilines is 1. The molecule has 2 aromatic carbocycles. The minimum atomic E-state index is -0.571. The Morgan fingerprint density at radius 1 is 1.16 bits per heavy atom. The standard InChI is InChI=1S/C17H15Cl2FN2O3/c1-22(17(24)12-7-10(20)3-6-15(12)25-2)9-16(23)21-11-4-5-13(18)14(19)8-11/h3-8H,9H2,1-2H3,(H,21,23). The Morgan fingerprint density at radius 3 is 2.52 bits per heavy atom. The number of halogens is 3. The molecule has 0 saturated heterocycles. The van der Waals surface area contributed by atoms with Crippen LogP contribution in [0.15, 0.2) is 36.4 Å². The quantitative estimate of drug-likeness (QED) is 0.851. The average molecular weight is 385 g/mol.